The minimum atomic E-state index is -1.40. The summed E-state index contributed by atoms with van der Waals surface area (Å²) in [6.45, 7) is 0. The summed E-state index contributed by atoms with van der Waals surface area (Å²) in [6, 6.07) is 19.4. The van der Waals surface area contributed by atoms with E-state index >= 15 is 0 Å². The molecular formula is C23H15BrFN3O2. The molecule has 0 radical (unpaired) electrons. The number of hydrogen-bond donors (Lipinski definition) is 1. The first-order valence-corrected chi connectivity index (χ1v) is 10.4. The van der Waals surface area contributed by atoms with Crippen LogP contribution in [0.1, 0.15) is 29.2 Å². The van der Waals surface area contributed by atoms with Gasteiger partial charge in [0.25, 0.3) is 5.91 Å². The highest BCUT2D eigenvalue weighted by atomic mass is 79.9. The van der Waals surface area contributed by atoms with Crippen molar-refractivity contribution in [1.29, 1.82) is 0 Å². The molecule has 0 aromatic heterocycles. The quantitative estimate of drug-likeness (QED) is 0.556. The number of nitrogens with zero attached hydrogens (tertiary/aromatic N) is 2. The van der Waals surface area contributed by atoms with Crippen molar-refractivity contribution in [2.45, 2.75) is 18.2 Å². The van der Waals surface area contributed by atoms with Gasteiger partial charge in [0.1, 0.15) is 11.6 Å². The molecule has 7 heteroatoms. The Kier molecular flexibility index (Phi) is 3.62. The highest BCUT2D eigenvalue weighted by Gasteiger charge is 2.60. The average Bonchev–Trinajstić information content (AvgIpc) is 3.30. The molecule has 0 saturated heterocycles. The van der Waals surface area contributed by atoms with E-state index in [1.807, 2.05) is 42.5 Å². The number of hydrogen-bond acceptors (Lipinski definition) is 4. The van der Waals surface area contributed by atoms with Crippen molar-refractivity contribution in [3.63, 3.8) is 0 Å². The van der Waals surface area contributed by atoms with Gasteiger partial charge in [-0.1, -0.05) is 46.3 Å². The molecule has 3 aliphatic rings. The zero-order valence-corrected chi connectivity index (χ0v) is 17.2. The molecule has 1 spiro atoms. The van der Waals surface area contributed by atoms with Gasteiger partial charge < -0.3 is 10.1 Å². The van der Waals surface area contributed by atoms with E-state index in [1.54, 1.807) is 17.1 Å². The summed E-state index contributed by atoms with van der Waals surface area (Å²) in [6.07, 6.45) is 0.588. The summed E-state index contributed by atoms with van der Waals surface area (Å²) < 4.78 is 20.7. The standard InChI is InChI=1S/C23H15BrFN3O2/c24-14-7-10-18-17(11-14)23(22(29)26-18)28-20(16-3-1-2-4-21(16)30-23)12-19(27-28)13-5-8-15(25)9-6-13/h1-11,20H,12H2,(H,26,29)/t20-,23-/m1/s1. The molecule has 0 bridgehead atoms. The lowest BCUT2D eigenvalue weighted by Gasteiger charge is -2.44. The third-order valence-electron chi connectivity index (χ3n) is 5.85. The molecular weight excluding hydrogens is 449 g/mol. The maximum atomic E-state index is 13.4. The van der Waals surface area contributed by atoms with Crippen molar-refractivity contribution in [1.82, 2.24) is 5.01 Å². The number of rotatable bonds is 1. The second-order valence-electron chi connectivity index (χ2n) is 7.55. The van der Waals surface area contributed by atoms with E-state index in [1.165, 1.54) is 12.1 Å². The molecule has 0 fully saturated rings. The molecule has 3 aliphatic heterocycles. The van der Waals surface area contributed by atoms with Crippen molar-refractivity contribution in [3.8, 4) is 5.75 Å². The minimum Gasteiger partial charge on any atom is -0.453 e. The fourth-order valence-electron chi connectivity index (χ4n) is 4.48. The molecule has 3 heterocycles. The molecule has 3 aromatic rings. The third-order valence-corrected chi connectivity index (χ3v) is 6.34. The van der Waals surface area contributed by atoms with Crippen LogP contribution in [0.15, 0.2) is 76.3 Å². The number of anilines is 1. The molecule has 0 saturated carbocycles. The smallest absolute Gasteiger partial charge is 0.306 e. The van der Waals surface area contributed by atoms with Crippen molar-refractivity contribution < 1.29 is 13.9 Å². The third kappa shape index (κ3) is 2.32. The van der Waals surface area contributed by atoms with Crippen LogP contribution in [0.25, 0.3) is 0 Å². The van der Waals surface area contributed by atoms with Crippen LogP contribution in [-0.2, 0) is 10.5 Å². The van der Waals surface area contributed by atoms with Gasteiger partial charge in [-0.25, -0.2) is 9.40 Å². The normalized spacial score (nSPS) is 23.4. The van der Waals surface area contributed by atoms with Gasteiger partial charge in [0, 0.05) is 16.5 Å². The minimum absolute atomic E-state index is 0.175. The average molecular weight is 464 g/mol. The predicted octanol–water partition coefficient (Wildman–Crippen LogP) is 4.94. The summed E-state index contributed by atoms with van der Waals surface area (Å²) in [4.78, 5) is 13.3. The molecule has 5 nitrogen and oxygen atoms in total. The van der Waals surface area contributed by atoms with E-state index in [9.17, 15) is 9.18 Å². The van der Waals surface area contributed by atoms with Crippen molar-refractivity contribution in [2.24, 2.45) is 5.10 Å². The number of para-hydroxylation sites is 1. The van der Waals surface area contributed by atoms with Crippen LogP contribution in [0.2, 0.25) is 0 Å². The molecule has 0 unspecified atom stereocenters. The number of halogens is 2. The van der Waals surface area contributed by atoms with E-state index in [-0.39, 0.29) is 17.8 Å². The lowest BCUT2D eigenvalue weighted by molar-refractivity contribution is -0.161. The van der Waals surface area contributed by atoms with Crippen LogP contribution in [-0.4, -0.2) is 16.6 Å². The van der Waals surface area contributed by atoms with Gasteiger partial charge in [-0.15, -0.1) is 0 Å². The van der Waals surface area contributed by atoms with E-state index in [0.29, 0.717) is 23.4 Å². The number of nitrogens with one attached hydrogen (secondary N) is 1. The molecule has 6 rings (SSSR count). The number of ether oxygens (including phenoxy) is 1. The summed E-state index contributed by atoms with van der Waals surface area (Å²) in [7, 11) is 0. The van der Waals surface area contributed by atoms with Crippen LogP contribution in [0, 0.1) is 5.82 Å². The second kappa shape index (κ2) is 6.15. The lowest BCUT2D eigenvalue weighted by Crippen LogP contribution is -2.55. The molecule has 1 N–H and O–H groups in total. The van der Waals surface area contributed by atoms with Gasteiger partial charge in [0.15, 0.2) is 0 Å². The second-order valence-corrected chi connectivity index (χ2v) is 8.46. The first-order valence-electron chi connectivity index (χ1n) is 9.58. The summed E-state index contributed by atoms with van der Waals surface area (Å²) >= 11 is 3.51. The van der Waals surface area contributed by atoms with Crippen LogP contribution >= 0.6 is 15.9 Å². The zero-order valence-electron chi connectivity index (χ0n) is 15.6. The maximum Gasteiger partial charge on any atom is 0.306 e. The van der Waals surface area contributed by atoms with Gasteiger partial charge >= 0.3 is 5.72 Å². The Hall–Kier alpha value is -3.19. The number of hydrazone groups is 1. The molecule has 0 aliphatic carbocycles. The number of fused-ring (bicyclic) bond motifs is 6. The Balaban J connectivity index is 1.57. The highest BCUT2D eigenvalue weighted by Crippen LogP contribution is 2.54. The molecule has 3 aromatic carbocycles. The van der Waals surface area contributed by atoms with Gasteiger partial charge in [-0.2, -0.15) is 5.10 Å². The lowest BCUT2D eigenvalue weighted by atomic mass is 9.92. The number of amides is 1. The van der Waals surface area contributed by atoms with E-state index < -0.39 is 5.72 Å². The summed E-state index contributed by atoms with van der Waals surface area (Å²) in [5, 5.41) is 9.56. The Morgan fingerprint density at radius 1 is 1.13 bits per heavy atom. The van der Waals surface area contributed by atoms with Crippen LogP contribution < -0.4 is 10.1 Å². The zero-order chi connectivity index (χ0) is 20.5. The fraction of sp³-hybridized carbons (Fsp3) is 0.130. The highest BCUT2D eigenvalue weighted by molar-refractivity contribution is 9.10. The largest absolute Gasteiger partial charge is 0.453 e. The number of benzene rings is 3. The van der Waals surface area contributed by atoms with E-state index in [2.05, 4.69) is 21.2 Å². The summed E-state index contributed by atoms with van der Waals surface area (Å²) in [5.74, 6) is 0.0886. The van der Waals surface area contributed by atoms with Crippen molar-refractivity contribution in [2.75, 3.05) is 5.32 Å². The van der Waals surface area contributed by atoms with Crippen LogP contribution in [0.5, 0.6) is 5.75 Å². The fourth-order valence-corrected chi connectivity index (χ4v) is 4.84. The van der Waals surface area contributed by atoms with Gasteiger partial charge in [-0.3, -0.25) is 4.79 Å². The van der Waals surface area contributed by atoms with Crippen molar-refractivity contribution >= 4 is 33.2 Å². The topological polar surface area (TPSA) is 53.9 Å². The first kappa shape index (κ1) is 17.7. The van der Waals surface area contributed by atoms with Gasteiger partial charge in [0.2, 0.25) is 0 Å². The Bertz CT molecular complexity index is 1240. The van der Waals surface area contributed by atoms with E-state index in [4.69, 9.17) is 9.84 Å². The van der Waals surface area contributed by atoms with Gasteiger partial charge in [-0.05, 0) is 42.0 Å². The molecule has 30 heavy (non-hydrogen) atoms. The van der Waals surface area contributed by atoms with E-state index in [0.717, 1.165) is 21.3 Å². The number of carbonyl (C=O) groups is 1. The SMILES string of the molecule is O=C1Nc2ccc(Br)cc2[C@@]12Oc1ccccc1[C@H]1CC(c3ccc(F)cc3)=NN12. The van der Waals surface area contributed by atoms with Crippen LogP contribution in [0.3, 0.4) is 0 Å². The Labute approximate surface area is 180 Å². The molecule has 148 valence electrons. The molecule has 2 atom stereocenters. The van der Waals surface area contributed by atoms with Gasteiger partial charge in [0.05, 0.1) is 23.0 Å². The Morgan fingerprint density at radius 2 is 1.93 bits per heavy atom. The number of carbonyl (C=O) groups excluding carboxylic acids is 1. The molecule has 1 amide bonds. The Morgan fingerprint density at radius 3 is 2.77 bits per heavy atom. The first-order chi connectivity index (χ1) is 14.6. The monoisotopic (exact) mass is 463 g/mol. The van der Waals surface area contributed by atoms with Crippen LogP contribution in [0.4, 0.5) is 10.1 Å². The maximum absolute atomic E-state index is 13.4. The predicted molar refractivity (Wildman–Crippen MR) is 114 cm³/mol. The van der Waals surface area contributed by atoms with Crippen molar-refractivity contribution in [3.05, 3.63) is 93.7 Å². The summed E-state index contributed by atoms with van der Waals surface area (Å²) in [5.41, 5.74) is 2.60.